The number of hydrogen-bond donors (Lipinski definition) is 0. The van der Waals surface area contributed by atoms with E-state index in [2.05, 4.69) is 6.58 Å². The van der Waals surface area contributed by atoms with Crippen LogP contribution in [0, 0.1) is 0 Å². The maximum Gasteiger partial charge on any atom is 0 e. The van der Waals surface area contributed by atoms with Gasteiger partial charge in [0.15, 0.2) is 0 Å². The van der Waals surface area contributed by atoms with E-state index in [0.29, 0.717) is 0 Å². The van der Waals surface area contributed by atoms with Crippen LogP contribution in [0.2, 0.25) is 0 Å². The molecule has 0 saturated heterocycles. The minimum atomic E-state index is 0. The number of carbonyl (C=O) groups excluding carboxylic acids is 1. The van der Waals surface area contributed by atoms with E-state index in [1.165, 1.54) is 6.29 Å². The van der Waals surface area contributed by atoms with Gasteiger partial charge in [0.1, 0.15) is 0 Å². The Morgan fingerprint density at radius 1 is 1.50 bits per heavy atom. The Balaban J connectivity index is -0.0000000450. The third kappa shape index (κ3) is 22.7. The Morgan fingerprint density at radius 2 is 1.67 bits per heavy atom. The molecule has 0 aromatic rings. The zero-order valence-electron chi connectivity index (χ0n) is 2.86. The molecule has 0 fully saturated rings. The molecule has 1 nitrogen and oxygen atoms in total. The molecular formula is C3H3ORh2-. The molecule has 2 radical (unpaired) electrons. The fourth-order valence-electron chi connectivity index (χ4n) is 0. The molecular weight excluding hydrogens is 258 g/mol. The molecule has 0 unspecified atom stereocenters. The molecule has 0 amide bonds. The first-order valence-electron chi connectivity index (χ1n) is 0.901. The normalized spacial score (nSPS) is 3.33. The van der Waals surface area contributed by atoms with Crippen LogP contribution in [-0.2, 0) is 43.8 Å². The van der Waals surface area contributed by atoms with E-state index in [1.54, 1.807) is 0 Å². The van der Waals surface area contributed by atoms with Gasteiger partial charge in [-0.2, -0.15) is 0 Å². The van der Waals surface area contributed by atoms with Gasteiger partial charge >= 0.3 is 0 Å². The minimum Gasteiger partial charge on any atom is -0.419 e. The van der Waals surface area contributed by atoms with E-state index in [9.17, 15) is 0 Å². The Hall–Kier alpha value is 0.657. The molecule has 0 spiro atoms. The van der Waals surface area contributed by atoms with Crippen LogP contribution in [0.25, 0.3) is 0 Å². The predicted molar refractivity (Wildman–Crippen MR) is 15.9 cm³/mol. The van der Waals surface area contributed by atoms with E-state index in [-0.39, 0.29) is 39.0 Å². The summed E-state index contributed by atoms with van der Waals surface area (Å²) in [5.74, 6) is 0. The van der Waals surface area contributed by atoms with Gasteiger partial charge in [0.2, 0.25) is 0 Å². The largest absolute Gasteiger partial charge is 0.419 e. The summed E-state index contributed by atoms with van der Waals surface area (Å²) in [6.45, 7) is 3.06. The molecule has 0 N–H and O–H groups in total. The first-order valence-corrected chi connectivity index (χ1v) is 0.901. The molecule has 3 heteroatoms. The molecule has 0 bridgehead atoms. The summed E-state index contributed by atoms with van der Waals surface area (Å²) in [5.41, 5.74) is 0. The second-order valence-corrected chi connectivity index (χ2v) is 0.322. The van der Waals surface area contributed by atoms with E-state index in [0.717, 1.165) is 6.08 Å². The van der Waals surface area contributed by atoms with Crippen LogP contribution in [0.15, 0.2) is 12.7 Å². The van der Waals surface area contributed by atoms with Gasteiger partial charge in [0.25, 0.3) is 0 Å². The SMILES string of the molecule is C=C[C-]=O.[Rh].[Rh]. The standard InChI is InChI=1S/C3H3O.2Rh/c1-2-3-4;;/h2H,1H2;;/q-1;;. The van der Waals surface area contributed by atoms with Crippen molar-refractivity contribution in [1.29, 1.82) is 0 Å². The first-order chi connectivity index (χ1) is 1.91. The summed E-state index contributed by atoms with van der Waals surface area (Å²) in [6.07, 6.45) is 2.51. The molecule has 0 saturated carbocycles. The van der Waals surface area contributed by atoms with Crippen molar-refractivity contribution in [3.63, 3.8) is 0 Å². The Bertz CT molecular complexity index is 29.8. The molecule has 0 heterocycles. The van der Waals surface area contributed by atoms with Crippen LogP contribution >= 0.6 is 0 Å². The smallest absolute Gasteiger partial charge is 0 e. The molecule has 0 aliphatic carbocycles. The minimum absolute atomic E-state index is 0. The number of hydrogen-bond acceptors (Lipinski definition) is 1. The zero-order chi connectivity index (χ0) is 3.41. The predicted octanol–water partition coefficient (Wildman–Crippen LogP) is 0.277. The maximum absolute atomic E-state index is 8.93. The first kappa shape index (κ1) is 15.9. The average Bonchev–Trinajstić information content (AvgIpc) is 1.37. The summed E-state index contributed by atoms with van der Waals surface area (Å²) in [7, 11) is 0. The van der Waals surface area contributed by atoms with Gasteiger partial charge in [-0.25, -0.2) is 12.7 Å². The van der Waals surface area contributed by atoms with Gasteiger partial charge in [-0.15, -0.1) is 0 Å². The third-order valence-corrected chi connectivity index (χ3v) is 0.0833. The number of allylic oxidation sites excluding steroid dienone is 1. The van der Waals surface area contributed by atoms with Crippen LogP contribution in [0.5, 0.6) is 0 Å². The van der Waals surface area contributed by atoms with Crippen molar-refractivity contribution in [2.45, 2.75) is 0 Å². The zero-order valence-corrected chi connectivity index (χ0v) is 6.14. The summed E-state index contributed by atoms with van der Waals surface area (Å²) < 4.78 is 0. The van der Waals surface area contributed by atoms with E-state index in [1.807, 2.05) is 0 Å². The quantitative estimate of drug-likeness (QED) is 0.376. The van der Waals surface area contributed by atoms with Crippen LogP contribution in [0.4, 0.5) is 0 Å². The average molecular weight is 261 g/mol. The maximum atomic E-state index is 8.93. The second-order valence-electron chi connectivity index (χ2n) is 0.322. The van der Waals surface area contributed by atoms with Gasteiger partial charge in [0.05, 0.1) is 0 Å². The summed E-state index contributed by atoms with van der Waals surface area (Å²) in [4.78, 5) is 8.93. The molecule has 0 aliphatic heterocycles. The molecule has 0 aromatic heterocycles. The topological polar surface area (TPSA) is 17.1 Å². The van der Waals surface area contributed by atoms with Crippen LogP contribution in [0.1, 0.15) is 0 Å². The van der Waals surface area contributed by atoms with Crippen LogP contribution < -0.4 is 0 Å². The van der Waals surface area contributed by atoms with E-state index < -0.39 is 0 Å². The number of rotatable bonds is 1. The fourth-order valence-corrected chi connectivity index (χ4v) is 0. The van der Waals surface area contributed by atoms with Crippen molar-refractivity contribution in [1.82, 2.24) is 0 Å². The van der Waals surface area contributed by atoms with Crippen molar-refractivity contribution in [2.24, 2.45) is 0 Å². The molecule has 0 rings (SSSR count). The monoisotopic (exact) mass is 261 g/mol. The Morgan fingerprint density at radius 3 is 1.67 bits per heavy atom. The van der Waals surface area contributed by atoms with E-state index >= 15 is 0 Å². The third-order valence-electron chi connectivity index (χ3n) is 0.0833. The van der Waals surface area contributed by atoms with Gasteiger partial charge in [-0.1, -0.05) is 0 Å². The van der Waals surface area contributed by atoms with Crippen molar-refractivity contribution in [3.8, 4) is 0 Å². The van der Waals surface area contributed by atoms with Crippen molar-refractivity contribution in [3.05, 3.63) is 12.7 Å². The van der Waals surface area contributed by atoms with Gasteiger partial charge in [0, 0.05) is 39.0 Å². The molecule has 0 aromatic carbocycles. The molecule has 0 atom stereocenters. The van der Waals surface area contributed by atoms with Crippen molar-refractivity contribution < 1.29 is 43.8 Å². The van der Waals surface area contributed by atoms with Crippen LogP contribution in [0.3, 0.4) is 0 Å². The molecule has 0 aliphatic rings. The van der Waals surface area contributed by atoms with Gasteiger partial charge < -0.3 is 4.79 Å². The van der Waals surface area contributed by atoms with Crippen molar-refractivity contribution >= 4 is 6.29 Å². The molecule has 6 heavy (non-hydrogen) atoms. The molecule has 40 valence electrons. The van der Waals surface area contributed by atoms with Crippen molar-refractivity contribution in [2.75, 3.05) is 0 Å². The Labute approximate surface area is 62.7 Å². The van der Waals surface area contributed by atoms with E-state index in [4.69, 9.17) is 4.79 Å². The fraction of sp³-hybridized carbons (Fsp3) is 0. The summed E-state index contributed by atoms with van der Waals surface area (Å²) in [6, 6.07) is 0. The second kappa shape index (κ2) is 17.4. The summed E-state index contributed by atoms with van der Waals surface area (Å²) in [5, 5.41) is 0. The van der Waals surface area contributed by atoms with Gasteiger partial charge in [-0.05, 0) is 6.29 Å². The Kier molecular flexibility index (Phi) is 46.1. The van der Waals surface area contributed by atoms with Crippen LogP contribution in [-0.4, -0.2) is 6.29 Å². The summed E-state index contributed by atoms with van der Waals surface area (Å²) >= 11 is 0. The van der Waals surface area contributed by atoms with Gasteiger partial charge in [-0.3, -0.25) is 0 Å².